The quantitative estimate of drug-likeness (QED) is 0.661. The molecule has 0 spiro atoms. The summed E-state index contributed by atoms with van der Waals surface area (Å²) < 4.78 is 5.05. The third-order valence-electron chi connectivity index (χ3n) is 3.87. The molecule has 1 heterocycles. The van der Waals surface area contributed by atoms with Crippen molar-refractivity contribution in [1.29, 1.82) is 0 Å². The van der Waals surface area contributed by atoms with Crippen LogP contribution in [0.4, 0.5) is 10.7 Å². The lowest BCUT2D eigenvalue weighted by Gasteiger charge is -2.11. The molecule has 0 aliphatic heterocycles. The van der Waals surface area contributed by atoms with E-state index in [9.17, 15) is 14.4 Å². The van der Waals surface area contributed by atoms with Gasteiger partial charge < -0.3 is 20.3 Å². The number of benzene rings is 1. The zero-order chi connectivity index (χ0) is 20.7. The van der Waals surface area contributed by atoms with Gasteiger partial charge in [-0.25, -0.2) is 4.79 Å². The molecule has 28 heavy (non-hydrogen) atoms. The second kappa shape index (κ2) is 9.89. The van der Waals surface area contributed by atoms with Gasteiger partial charge in [-0.3, -0.25) is 9.59 Å². The van der Waals surface area contributed by atoms with Crippen LogP contribution in [0.1, 0.15) is 39.4 Å². The molecule has 0 atom stereocenters. The van der Waals surface area contributed by atoms with Crippen molar-refractivity contribution >= 4 is 39.8 Å². The Kier molecular flexibility index (Phi) is 7.57. The first-order valence-corrected chi connectivity index (χ1v) is 9.82. The second-order valence-corrected chi connectivity index (χ2v) is 7.34. The molecule has 2 amide bonds. The molecule has 0 aliphatic rings. The Morgan fingerprint density at radius 3 is 2.36 bits per heavy atom. The summed E-state index contributed by atoms with van der Waals surface area (Å²) in [6.45, 7) is 4.03. The van der Waals surface area contributed by atoms with Crippen molar-refractivity contribution in [1.82, 2.24) is 4.90 Å². The number of hydrogen-bond acceptors (Lipinski definition) is 6. The molecular formula is C20H25N3O4S. The number of nitrogens with one attached hydrogen (secondary N) is 2. The molecule has 0 saturated heterocycles. The van der Waals surface area contributed by atoms with Crippen LogP contribution in [-0.2, 0) is 16.0 Å². The topological polar surface area (TPSA) is 87.7 Å². The van der Waals surface area contributed by atoms with E-state index in [1.807, 2.05) is 6.92 Å². The number of esters is 1. The highest BCUT2D eigenvalue weighted by molar-refractivity contribution is 7.16. The minimum atomic E-state index is -0.442. The molecule has 0 radical (unpaired) electrons. The molecule has 1 aromatic carbocycles. The van der Waals surface area contributed by atoms with Gasteiger partial charge in [0.25, 0.3) is 5.91 Å². The molecule has 7 nitrogen and oxygen atoms in total. The smallest absolute Gasteiger partial charge is 0.341 e. The predicted molar refractivity (Wildman–Crippen MR) is 111 cm³/mol. The molecule has 2 aromatic rings. The highest BCUT2D eigenvalue weighted by Crippen LogP contribution is 2.29. The zero-order valence-electron chi connectivity index (χ0n) is 16.5. The number of hydrogen-bond donors (Lipinski definition) is 2. The lowest BCUT2D eigenvalue weighted by atomic mass is 10.2. The van der Waals surface area contributed by atoms with Crippen molar-refractivity contribution in [3.8, 4) is 0 Å². The molecule has 8 heteroatoms. The van der Waals surface area contributed by atoms with E-state index in [-0.39, 0.29) is 25.0 Å². The number of amides is 2. The molecule has 0 unspecified atom stereocenters. The maximum Gasteiger partial charge on any atom is 0.341 e. The fourth-order valence-electron chi connectivity index (χ4n) is 2.41. The van der Waals surface area contributed by atoms with Crippen LogP contribution in [0.2, 0.25) is 0 Å². The van der Waals surface area contributed by atoms with Crippen LogP contribution in [-0.4, -0.2) is 49.9 Å². The van der Waals surface area contributed by atoms with Crippen LogP contribution in [0.5, 0.6) is 0 Å². The van der Waals surface area contributed by atoms with E-state index in [2.05, 4.69) is 10.6 Å². The van der Waals surface area contributed by atoms with Crippen molar-refractivity contribution in [2.75, 3.05) is 37.9 Å². The first-order chi connectivity index (χ1) is 13.3. The van der Waals surface area contributed by atoms with E-state index in [0.29, 0.717) is 16.1 Å². The Labute approximate surface area is 168 Å². The second-order valence-electron chi connectivity index (χ2n) is 6.21. The third-order valence-corrected chi connectivity index (χ3v) is 5.07. The number of thiophene rings is 1. The van der Waals surface area contributed by atoms with E-state index in [0.717, 1.165) is 17.0 Å². The maximum absolute atomic E-state index is 12.3. The molecule has 0 saturated carbocycles. The molecule has 2 rings (SSSR count). The van der Waals surface area contributed by atoms with Crippen LogP contribution in [0.15, 0.2) is 30.3 Å². The number of ether oxygens (including phenoxy) is 1. The minimum Gasteiger partial charge on any atom is -0.462 e. The van der Waals surface area contributed by atoms with Crippen molar-refractivity contribution < 1.29 is 19.1 Å². The molecule has 0 bridgehead atoms. The van der Waals surface area contributed by atoms with E-state index in [1.54, 1.807) is 51.4 Å². The monoisotopic (exact) mass is 403 g/mol. The van der Waals surface area contributed by atoms with E-state index in [4.69, 9.17) is 4.74 Å². The summed E-state index contributed by atoms with van der Waals surface area (Å²) in [6, 6.07) is 8.65. The van der Waals surface area contributed by atoms with Gasteiger partial charge in [0.2, 0.25) is 5.91 Å². The number of anilines is 2. The van der Waals surface area contributed by atoms with Crippen LogP contribution < -0.4 is 10.6 Å². The summed E-state index contributed by atoms with van der Waals surface area (Å²) in [4.78, 5) is 38.8. The Balaban J connectivity index is 1.98. The summed E-state index contributed by atoms with van der Waals surface area (Å²) in [5, 5.41) is 6.28. The van der Waals surface area contributed by atoms with Crippen LogP contribution in [0.3, 0.4) is 0 Å². The molecule has 0 fully saturated rings. The Hall–Kier alpha value is -2.87. The highest BCUT2D eigenvalue weighted by atomic mass is 32.1. The van der Waals surface area contributed by atoms with Crippen LogP contribution in [0, 0.1) is 0 Å². The van der Waals surface area contributed by atoms with Gasteiger partial charge in [-0.15, -0.1) is 11.3 Å². The summed E-state index contributed by atoms with van der Waals surface area (Å²) in [6.07, 6.45) is 0.767. The minimum absolute atomic E-state index is 0.0304. The lowest BCUT2D eigenvalue weighted by molar-refractivity contribution is -0.114. The Morgan fingerprint density at radius 2 is 1.79 bits per heavy atom. The highest BCUT2D eigenvalue weighted by Gasteiger charge is 2.18. The predicted octanol–water partition coefficient (Wildman–Crippen LogP) is 3.24. The summed E-state index contributed by atoms with van der Waals surface area (Å²) >= 11 is 1.37. The van der Waals surface area contributed by atoms with Crippen LogP contribution >= 0.6 is 11.3 Å². The van der Waals surface area contributed by atoms with Gasteiger partial charge in [0, 0.05) is 30.2 Å². The van der Waals surface area contributed by atoms with Gasteiger partial charge in [-0.05, 0) is 43.7 Å². The summed E-state index contributed by atoms with van der Waals surface area (Å²) in [5.41, 5.74) is 1.67. The van der Waals surface area contributed by atoms with Gasteiger partial charge in [-0.2, -0.15) is 0 Å². The number of nitrogens with zero attached hydrogens (tertiary/aromatic N) is 1. The average molecular weight is 404 g/mol. The Bertz CT molecular complexity index is 844. The van der Waals surface area contributed by atoms with E-state index >= 15 is 0 Å². The SMILES string of the molecule is CCOC(=O)c1cc(CC)sc1NC(=O)CNc1ccc(C(=O)N(C)C)cc1. The van der Waals surface area contributed by atoms with Crippen LogP contribution in [0.25, 0.3) is 0 Å². The third kappa shape index (κ3) is 5.56. The molecule has 0 aliphatic carbocycles. The first-order valence-electron chi connectivity index (χ1n) is 9.01. The number of carbonyl (C=O) groups is 3. The fraction of sp³-hybridized carbons (Fsp3) is 0.350. The largest absolute Gasteiger partial charge is 0.462 e. The normalized spacial score (nSPS) is 10.3. The van der Waals surface area contributed by atoms with E-state index in [1.165, 1.54) is 16.2 Å². The summed E-state index contributed by atoms with van der Waals surface area (Å²) in [5.74, 6) is -0.799. The molecule has 2 N–H and O–H groups in total. The number of rotatable bonds is 8. The number of aryl methyl sites for hydroxylation is 1. The Morgan fingerprint density at radius 1 is 1.11 bits per heavy atom. The van der Waals surface area contributed by atoms with Crippen molar-refractivity contribution in [2.24, 2.45) is 0 Å². The van der Waals surface area contributed by atoms with E-state index < -0.39 is 5.97 Å². The maximum atomic E-state index is 12.3. The average Bonchev–Trinajstić information content (AvgIpc) is 3.09. The fourth-order valence-corrected chi connectivity index (χ4v) is 3.41. The molecular weight excluding hydrogens is 378 g/mol. The van der Waals surface area contributed by atoms with Gasteiger partial charge in [-0.1, -0.05) is 6.92 Å². The van der Waals surface area contributed by atoms with Gasteiger partial charge in [0.1, 0.15) is 5.00 Å². The van der Waals surface area contributed by atoms with Gasteiger partial charge in [0.15, 0.2) is 0 Å². The molecule has 150 valence electrons. The molecule has 1 aromatic heterocycles. The summed E-state index contributed by atoms with van der Waals surface area (Å²) in [7, 11) is 3.38. The van der Waals surface area contributed by atoms with Crippen molar-refractivity contribution in [3.63, 3.8) is 0 Å². The zero-order valence-corrected chi connectivity index (χ0v) is 17.3. The lowest BCUT2D eigenvalue weighted by Crippen LogP contribution is -2.23. The van der Waals surface area contributed by atoms with Gasteiger partial charge >= 0.3 is 5.97 Å². The van der Waals surface area contributed by atoms with Gasteiger partial charge in [0.05, 0.1) is 18.7 Å². The number of carbonyl (C=O) groups excluding carboxylic acids is 3. The van der Waals surface area contributed by atoms with Crippen molar-refractivity contribution in [2.45, 2.75) is 20.3 Å². The first kappa shape index (κ1) is 21.4. The standard InChI is InChI=1S/C20H25N3O4S/c1-5-15-11-16(20(26)27-6-2)18(28-15)22-17(24)12-21-14-9-7-13(8-10-14)19(25)23(3)4/h7-11,21H,5-6,12H2,1-4H3,(H,22,24). The van der Waals surface area contributed by atoms with Crippen molar-refractivity contribution in [3.05, 3.63) is 46.3 Å².